The Morgan fingerprint density at radius 1 is 0.613 bits per heavy atom. The number of aromatic amines is 3. The van der Waals surface area contributed by atoms with Crippen molar-refractivity contribution >= 4 is 7.32 Å². The molecule has 0 fully saturated rings. The Kier molecular flexibility index (Phi) is 13.4. The lowest BCUT2D eigenvalue weighted by atomic mass is 10.3. The minimum atomic E-state index is -2.92. The first-order valence-electron chi connectivity index (χ1n) is 10.5. The summed E-state index contributed by atoms with van der Waals surface area (Å²) in [4.78, 5) is 9.77. The number of aromatic nitrogens is 6. The van der Waals surface area contributed by atoms with Gasteiger partial charge in [-0.1, -0.05) is 20.8 Å². The standard InChI is InChI=1S/3C7H12N2.BO3/c3*1-4-7-8-6(2)5-9(7)3;2-1(3)4/h3*5H,4H2,1-3H3;/q;;;-3/p+3. The van der Waals surface area contributed by atoms with E-state index in [0.717, 1.165) is 19.3 Å². The lowest BCUT2D eigenvalue weighted by molar-refractivity contribution is -0.677. The Morgan fingerprint density at radius 2 is 0.806 bits per heavy atom. The highest BCUT2D eigenvalue weighted by Gasteiger charge is 2.06. The lowest BCUT2D eigenvalue weighted by Crippen LogP contribution is -2.56. The Hall–Kier alpha value is -2.43. The van der Waals surface area contributed by atoms with Gasteiger partial charge in [0.05, 0.1) is 21.1 Å². The molecule has 0 aliphatic rings. The smallest absolute Gasteiger partial charge is 0.253 e. The molecule has 0 aromatic carbocycles. The van der Waals surface area contributed by atoms with Crippen LogP contribution in [0.5, 0.6) is 0 Å². The highest BCUT2D eigenvalue weighted by atomic mass is 16.5. The monoisotopic (exact) mass is 434 g/mol. The molecule has 9 nitrogen and oxygen atoms in total. The molecule has 174 valence electrons. The van der Waals surface area contributed by atoms with Gasteiger partial charge in [0.15, 0.2) is 0 Å². The molecule has 0 saturated carbocycles. The fourth-order valence-corrected chi connectivity index (χ4v) is 3.16. The quantitative estimate of drug-likeness (QED) is 0.332. The topological polar surface area (TPSA) is 128 Å². The number of rotatable bonds is 3. The van der Waals surface area contributed by atoms with E-state index in [-0.39, 0.29) is 0 Å². The first-order valence-corrected chi connectivity index (χ1v) is 10.5. The number of nitrogens with one attached hydrogen (secondary N) is 3. The van der Waals surface area contributed by atoms with Crippen molar-refractivity contribution in [1.82, 2.24) is 15.0 Å². The van der Waals surface area contributed by atoms with Crippen molar-refractivity contribution in [3.05, 3.63) is 53.1 Å². The molecule has 3 N–H and O–H groups in total. The van der Waals surface area contributed by atoms with Crippen LogP contribution in [-0.2, 0) is 40.4 Å². The molecule has 3 aromatic rings. The molecule has 0 spiro atoms. The molecule has 0 radical (unpaired) electrons. The first-order chi connectivity index (χ1) is 14.4. The zero-order valence-corrected chi connectivity index (χ0v) is 20.5. The van der Waals surface area contributed by atoms with E-state index in [1.54, 1.807) is 0 Å². The maximum Gasteiger partial charge on any atom is 0.253 e. The van der Waals surface area contributed by atoms with Crippen molar-refractivity contribution in [3.8, 4) is 0 Å². The van der Waals surface area contributed by atoms with Crippen molar-refractivity contribution < 1.29 is 28.8 Å². The van der Waals surface area contributed by atoms with E-state index in [4.69, 9.17) is 15.1 Å². The third-order valence-corrected chi connectivity index (χ3v) is 4.47. The van der Waals surface area contributed by atoms with E-state index in [1.165, 1.54) is 34.6 Å². The Balaban J connectivity index is 0.000000402. The SMILES string of the molecule is CCc1[nH]c(C)c[n+]1C.CCc1[nH]c(C)c[n+]1C.CCc1[nH]c(C)c[n+]1C.[O-]B([O-])[O-]. The summed E-state index contributed by atoms with van der Waals surface area (Å²) in [7, 11) is 3.26. The van der Waals surface area contributed by atoms with E-state index in [0.29, 0.717) is 0 Å². The molecule has 3 rings (SSSR count). The summed E-state index contributed by atoms with van der Waals surface area (Å²) < 4.78 is 6.36. The molecule has 0 atom stereocenters. The van der Waals surface area contributed by atoms with Crippen LogP contribution >= 0.6 is 0 Å². The molecule has 3 heterocycles. The van der Waals surface area contributed by atoms with Gasteiger partial charge in [-0.2, -0.15) is 0 Å². The molecule has 0 amide bonds. The van der Waals surface area contributed by atoms with Gasteiger partial charge in [-0.05, 0) is 0 Å². The van der Waals surface area contributed by atoms with Gasteiger partial charge in [0.2, 0.25) is 0 Å². The summed E-state index contributed by atoms with van der Waals surface area (Å²) in [6, 6.07) is 0. The molecular weight excluding hydrogens is 395 g/mol. The molecule has 0 bridgehead atoms. The summed E-state index contributed by atoms with van der Waals surface area (Å²) in [5.74, 6) is 3.85. The highest BCUT2D eigenvalue weighted by molar-refractivity contribution is 6.24. The van der Waals surface area contributed by atoms with Crippen LogP contribution < -0.4 is 28.8 Å². The summed E-state index contributed by atoms with van der Waals surface area (Å²) in [5, 5.41) is 25.2. The molecule has 0 aliphatic carbocycles. The normalized spacial score (nSPS) is 9.68. The Labute approximate surface area is 186 Å². The fourth-order valence-electron chi connectivity index (χ4n) is 3.16. The van der Waals surface area contributed by atoms with Gasteiger partial charge in [-0.25, -0.2) is 28.7 Å². The van der Waals surface area contributed by atoms with Gasteiger partial charge in [-0.15, -0.1) is 0 Å². The van der Waals surface area contributed by atoms with E-state index in [2.05, 4.69) is 110 Å². The average Bonchev–Trinajstić information content (AvgIpc) is 3.30. The van der Waals surface area contributed by atoms with Gasteiger partial charge >= 0.3 is 0 Å². The Bertz CT molecular complexity index is 773. The second-order valence-electron chi connectivity index (χ2n) is 7.33. The minimum Gasteiger partial charge on any atom is -0.907 e. The number of hydrogen-bond donors (Lipinski definition) is 3. The molecule has 10 heteroatoms. The fraction of sp³-hybridized carbons (Fsp3) is 0.571. The number of nitrogens with zero attached hydrogens (tertiary/aromatic N) is 3. The van der Waals surface area contributed by atoms with Crippen LogP contribution in [0.3, 0.4) is 0 Å². The largest absolute Gasteiger partial charge is 0.907 e. The molecular formula is C21H39BN6O3. The maximum absolute atomic E-state index is 8.42. The van der Waals surface area contributed by atoms with Gasteiger partial charge in [-0.3, -0.25) is 7.32 Å². The predicted octanol–water partition coefficient (Wildman–Crippen LogP) is -1.82. The van der Waals surface area contributed by atoms with Crippen molar-refractivity contribution in [2.24, 2.45) is 21.1 Å². The lowest BCUT2D eigenvalue weighted by Gasteiger charge is -2.35. The van der Waals surface area contributed by atoms with Crippen molar-refractivity contribution in [2.45, 2.75) is 60.8 Å². The summed E-state index contributed by atoms with van der Waals surface area (Å²) in [6.07, 6.45) is 9.51. The Morgan fingerprint density at radius 3 is 0.871 bits per heavy atom. The second kappa shape index (κ2) is 14.6. The summed E-state index contributed by atoms with van der Waals surface area (Å²) >= 11 is 0. The third-order valence-electron chi connectivity index (χ3n) is 4.47. The van der Waals surface area contributed by atoms with E-state index in [1.807, 2.05) is 0 Å². The van der Waals surface area contributed by atoms with Crippen molar-refractivity contribution in [2.75, 3.05) is 0 Å². The van der Waals surface area contributed by atoms with Crippen LogP contribution in [0.15, 0.2) is 18.6 Å². The van der Waals surface area contributed by atoms with Gasteiger partial charge in [0.1, 0.15) is 35.7 Å². The number of hydrogen-bond acceptors (Lipinski definition) is 3. The van der Waals surface area contributed by atoms with Crippen LogP contribution in [0.2, 0.25) is 0 Å². The minimum absolute atomic E-state index is 1.07. The summed E-state index contributed by atoms with van der Waals surface area (Å²) in [5.41, 5.74) is 3.69. The van der Waals surface area contributed by atoms with E-state index < -0.39 is 7.32 Å². The highest BCUT2D eigenvalue weighted by Crippen LogP contribution is 1.92. The van der Waals surface area contributed by atoms with Crippen LogP contribution in [0.1, 0.15) is 55.3 Å². The van der Waals surface area contributed by atoms with Crippen LogP contribution in [-0.4, -0.2) is 22.3 Å². The first kappa shape index (κ1) is 28.6. The van der Waals surface area contributed by atoms with Crippen molar-refractivity contribution in [3.63, 3.8) is 0 Å². The number of aryl methyl sites for hydroxylation is 9. The molecule has 0 aliphatic heterocycles. The van der Waals surface area contributed by atoms with Crippen molar-refractivity contribution in [1.29, 1.82) is 0 Å². The zero-order valence-electron chi connectivity index (χ0n) is 20.5. The predicted molar refractivity (Wildman–Crippen MR) is 114 cm³/mol. The molecule has 0 unspecified atom stereocenters. The summed E-state index contributed by atoms with van der Waals surface area (Å²) in [6.45, 7) is 12.6. The molecule has 0 saturated heterocycles. The van der Waals surface area contributed by atoms with Gasteiger partial charge in [0.25, 0.3) is 17.5 Å². The average molecular weight is 434 g/mol. The van der Waals surface area contributed by atoms with Gasteiger partial charge in [0, 0.05) is 40.0 Å². The number of imidazole rings is 3. The van der Waals surface area contributed by atoms with E-state index >= 15 is 0 Å². The number of H-pyrrole nitrogens is 3. The maximum atomic E-state index is 8.42. The van der Waals surface area contributed by atoms with E-state index in [9.17, 15) is 0 Å². The molecule has 3 aromatic heterocycles. The van der Waals surface area contributed by atoms with Crippen LogP contribution in [0.25, 0.3) is 0 Å². The third kappa shape index (κ3) is 11.5. The van der Waals surface area contributed by atoms with Gasteiger partial charge < -0.3 is 15.1 Å². The second-order valence-corrected chi connectivity index (χ2v) is 7.33. The van der Waals surface area contributed by atoms with Crippen LogP contribution in [0, 0.1) is 20.8 Å². The molecule has 31 heavy (non-hydrogen) atoms. The van der Waals surface area contributed by atoms with Crippen LogP contribution in [0.4, 0.5) is 0 Å². The zero-order chi connectivity index (χ0) is 24.1.